The quantitative estimate of drug-likeness (QED) is 0.787. The number of rotatable bonds is 5. The molecule has 1 fully saturated rings. The average molecular weight is 327 g/mol. The second kappa shape index (κ2) is 7.29. The highest BCUT2D eigenvalue weighted by Gasteiger charge is 2.29. The molecule has 2 heterocycles. The molecule has 1 atom stereocenters. The molecule has 0 spiro atoms. The standard InChI is InChI=1S/C18H21N3O3/c1-23-15-8-4-3-7-14(15)18(22)13-6-5-9-21(11-13)16-10-17(24-2)20-12-19-16/h3-4,7-8,10,12-13H,5-6,9,11H2,1-2H3/t13-/m0/s1. The van der Waals surface area contributed by atoms with Crippen LogP contribution < -0.4 is 14.4 Å². The maximum atomic E-state index is 12.9. The van der Waals surface area contributed by atoms with E-state index in [1.807, 2.05) is 24.3 Å². The Kier molecular flexibility index (Phi) is 4.93. The number of aromatic nitrogens is 2. The topological polar surface area (TPSA) is 64.5 Å². The number of para-hydroxylation sites is 1. The van der Waals surface area contributed by atoms with Gasteiger partial charge in [-0.15, -0.1) is 0 Å². The molecule has 0 saturated carbocycles. The molecule has 2 aromatic rings. The molecule has 0 radical (unpaired) electrons. The predicted octanol–water partition coefficient (Wildman–Crippen LogP) is 2.59. The Bertz CT molecular complexity index is 720. The van der Waals surface area contributed by atoms with Gasteiger partial charge in [-0.05, 0) is 25.0 Å². The molecule has 1 saturated heterocycles. The molecule has 6 nitrogen and oxygen atoms in total. The van der Waals surface area contributed by atoms with Gasteiger partial charge in [-0.2, -0.15) is 0 Å². The molecule has 24 heavy (non-hydrogen) atoms. The highest BCUT2D eigenvalue weighted by Crippen LogP contribution is 2.28. The van der Waals surface area contributed by atoms with Crippen LogP contribution in [0.1, 0.15) is 23.2 Å². The number of nitrogens with zero attached hydrogens (tertiary/aromatic N) is 3. The molecule has 1 aliphatic heterocycles. The first-order chi connectivity index (χ1) is 11.7. The number of carbonyl (C=O) groups excluding carboxylic acids is 1. The van der Waals surface area contributed by atoms with E-state index in [1.165, 1.54) is 6.33 Å². The summed E-state index contributed by atoms with van der Waals surface area (Å²) in [6, 6.07) is 9.19. The van der Waals surface area contributed by atoms with Crippen LogP contribution in [0.15, 0.2) is 36.7 Å². The first-order valence-corrected chi connectivity index (χ1v) is 8.01. The molecule has 6 heteroatoms. The van der Waals surface area contributed by atoms with Crippen molar-refractivity contribution in [1.29, 1.82) is 0 Å². The van der Waals surface area contributed by atoms with Crippen molar-refractivity contribution in [2.75, 3.05) is 32.2 Å². The third-order valence-corrected chi connectivity index (χ3v) is 4.33. The SMILES string of the molecule is COc1cc(N2CCC[C@H](C(=O)c3ccccc3OC)C2)ncn1. The van der Waals surface area contributed by atoms with E-state index in [0.717, 1.165) is 25.2 Å². The summed E-state index contributed by atoms with van der Waals surface area (Å²) in [6.07, 6.45) is 3.30. The van der Waals surface area contributed by atoms with Gasteiger partial charge in [0.1, 0.15) is 17.9 Å². The Morgan fingerprint density at radius 3 is 2.83 bits per heavy atom. The van der Waals surface area contributed by atoms with Gasteiger partial charge in [0, 0.05) is 25.1 Å². The van der Waals surface area contributed by atoms with Gasteiger partial charge in [0.15, 0.2) is 5.78 Å². The lowest BCUT2D eigenvalue weighted by Gasteiger charge is -2.33. The van der Waals surface area contributed by atoms with Crippen molar-refractivity contribution in [3.05, 3.63) is 42.2 Å². The first-order valence-electron chi connectivity index (χ1n) is 8.01. The third-order valence-electron chi connectivity index (χ3n) is 4.33. The molecule has 0 unspecified atom stereocenters. The fraction of sp³-hybridized carbons (Fsp3) is 0.389. The normalized spacial score (nSPS) is 17.4. The number of ether oxygens (including phenoxy) is 2. The Labute approximate surface area is 141 Å². The van der Waals surface area contributed by atoms with Crippen molar-refractivity contribution in [1.82, 2.24) is 9.97 Å². The fourth-order valence-corrected chi connectivity index (χ4v) is 3.08. The average Bonchev–Trinajstić information content (AvgIpc) is 2.67. The fourth-order valence-electron chi connectivity index (χ4n) is 3.08. The second-order valence-corrected chi connectivity index (χ2v) is 5.77. The largest absolute Gasteiger partial charge is 0.496 e. The number of benzene rings is 1. The van der Waals surface area contributed by atoms with Gasteiger partial charge in [-0.25, -0.2) is 9.97 Å². The smallest absolute Gasteiger partial charge is 0.218 e. The van der Waals surface area contributed by atoms with E-state index in [0.29, 0.717) is 23.7 Å². The molecule has 1 aliphatic rings. The lowest BCUT2D eigenvalue weighted by atomic mass is 9.89. The van der Waals surface area contributed by atoms with Gasteiger partial charge < -0.3 is 14.4 Å². The number of Topliss-reactive ketones (excluding diaryl/α,β-unsaturated/α-hetero) is 1. The summed E-state index contributed by atoms with van der Waals surface area (Å²) in [5.74, 6) is 2.00. The predicted molar refractivity (Wildman–Crippen MR) is 90.8 cm³/mol. The number of anilines is 1. The molecular weight excluding hydrogens is 306 g/mol. The molecule has 3 rings (SSSR count). The maximum Gasteiger partial charge on any atom is 0.218 e. The monoisotopic (exact) mass is 327 g/mol. The molecule has 1 aromatic carbocycles. The number of piperidine rings is 1. The van der Waals surface area contributed by atoms with E-state index in [2.05, 4.69) is 14.9 Å². The summed E-state index contributed by atoms with van der Waals surface area (Å²) < 4.78 is 10.5. The van der Waals surface area contributed by atoms with Crippen LogP contribution in [0.2, 0.25) is 0 Å². The van der Waals surface area contributed by atoms with E-state index in [4.69, 9.17) is 9.47 Å². The summed E-state index contributed by atoms with van der Waals surface area (Å²) in [5.41, 5.74) is 0.645. The van der Waals surface area contributed by atoms with Crippen LogP contribution >= 0.6 is 0 Å². The van der Waals surface area contributed by atoms with Crippen molar-refractivity contribution in [3.63, 3.8) is 0 Å². The lowest BCUT2D eigenvalue weighted by Crippen LogP contribution is -2.39. The Morgan fingerprint density at radius 1 is 1.21 bits per heavy atom. The lowest BCUT2D eigenvalue weighted by molar-refractivity contribution is 0.0904. The zero-order valence-electron chi connectivity index (χ0n) is 13.9. The van der Waals surface area contributed by atoms with Gasteiger partial charge in [0.25, 0.3) is 0 Å². The summed E-state index contributed by atoms with van der Waals surface area (Å²) >= 11 is 0. The van der Waals surface area contributed by atoms with Crippen LogP contribution in [0, 0.1) is 5.92 Å². The van der Waals surface area contributed by atoms with E-state index in [9.17, 15) is 4.79 Å². The number of hydrogen-bond donors (Lipinski definition) is 0. The van der Waals surface area contributed by atoms with Crippen molar-refractivity contribution >= 4 is 11.6 Å². The van der Waals surface area contributed by atoms with Gasteiger partial charge in [-0.1, -0.05) is 12.1 Å². The van der Waals surface area contributed by atoms with Crippen LogP contribution in [-0.2, 0) is 0 Å². The summed E-state index contributed by atoms with van der Waals surface area (Å²) in [6.45, 7) is 1.51. The Balaban J connectivity index is 1.79. The molecular formula is C18H21N3O3. The highest BCUT2D eigenvalue weighted by atomic mass is 16.5. The molecule has 1 aromatic heterocycles. The zero-order valence-corrected chi connectivity index (χ0v) is 13.9. The van der Waals surface area contributed by atoms with Crippen LogP contribution in [0.4, 0.5) is 5.82 Å². The van der Waals surface area contributed by atoms with E-state index >= 15 is 0 Å². The van der Waals surface area contributed by atoms with Gasteiger partial charge in [0.2, 0.25) is 5.88 Å². The van der Waals surface area contributed by atoms with Crippen LogP contribution in [0.5, 0.6) is 11.6 Å². The zero-order chi connectivity index (χ0) is 16.9. The van der Waals surface area contributed by atoms with Crippen LogP contribution in [-0.4, -0.2) is 43.1 Å². The summed E-state index contributed by atoms with van der Waals surface area (Å²) in [4.78, 5) is 23.4. The second-order valence-electron chi connectivity index (χ2n) is 5.77. The molecule has 0 N–H and O–H groups in total. The van der Waals surface area contributed by atoms with Crippen LogP contribution in [0.3, 0.4) is 0 Å². The Hall–Kier alpha value is -2.63. The molecule has 0 aliphatic carbocycles. The summed E-state index contributed by atoms with van der Waals surface area (Å²) in [7, 11) is 3.17. The van der Waals surface area contributed by atoms with Crippen molar-refractivity contribution in [3.8, 4) is 11.6 Å². The van der Waals surface area contributed by atoms with Crippen molar-refractivity contribution in [2.24, 2.45) is 5.92 Å². The van der Waals surface area contributed by atoms with E-state index in [1.54, 1.807) is 20.3 Å². The highest BCUT2D eigenvalue weighted by molar-refractivity contribution is 6.00. The maximum absolute atomic E-state index is 12.9. The minimum absolute atomic E-state index is 0.0731. The molecule has 0 amide bonds. The molecule has 0 bridgehead atoms. The van der Waals surface area contributed by atoms with Gasteiger partial charge in [-0.3, -0.25) is 4.79 Å². The van der Waals surface area contributed by atoms with Crippen LogP contribution in [0.25, 0.3) is 0 Å². The van der Waals surface area contributed by atoms with Gasteiger partial charge in [0.05, 0.1) is 19.8 Å². The van der Waals surface area contributed by atoms with Gasteiger partial charge >= 0.3 is 0 Å². The van der Waals surface area contributed by atoms with Crippen molar-refractivity contribution < 1.29 is 14.3 Å². The minimum atomic E-state index is -0.0731. The first kappa shape index (κ1) is 16.2. The number of ketones is 1. The minimum Gasteiger partial charge on any atom is -0.496 e. The Morgan fingerprint density at radius 2 is 2.04 bits per heavy atom. The third kappa shape index (κ3) is 3.32. The van der Waals surface area contributed by atoms with Crippen molar-refractivity contribution in [2.45, 2.75) is 12.8 Å². The number of carbonyl (C=O) groups is 1. The molecule has 126 valence electrons. The number of hydrogen-bond acceptors (Lipinski definition) is 6. The van der Waals surface area contributed by atoms with E-state index in [-0.39, 0.29) is 11.7 Å². The summed E-state index contributed by atoms with van der Waals surface area (Å²) in [5, 5.41) is 0. The van der Waals surface area contributed by atoms with E-state index < -0.39 is 0 Å². The number of methoxy groups -OCH3 is 2.